The molecule has 5 rings (SSSR count). The van der Waals surface area contributed by atoms with Crippen LogP contribution in [0.1, 0.15) is 40.0 Å². The van der Waals surface area contributed by atoms with Crippen LogP contribution in [-0.2, 0) is 24.2 Å². The van der Waals surface area contributed by atoms with E-state index in [1.54, 1.807) is 18.0 Å². The topological polar surface area (TPSA) is 85.2 Å². The number of rotatable bonds is 6. The molecule has 2 aromatic heterocycles. The van der Waals surface area contributed by atoms with Gasteiger partial charge in [-0.25, -0.2) is 9.97 Å². The first-order valence-corrected chi connectivity index (χ1v) is 11.6. The molecule has 1 saturated heterocycles. The minimum atomic E-state index is -0.134. The standard InChI is InChI=1S/C25H30N6O2/c1-30-11-5-6-17(15-30)12-26-24(32)21-14-28-31(22(21)16-33-2)25-27-13-19-10-9-18-7-3-4-8-20(18)23(19)29-25/h3-4,7-8,13-14,17H,5-6,9-12,15-16H2,1-2H3,(H,26,32). The van der Waals surface area contributed by atoms with E-state index in [0.29, 0.717) is 29.7 Å². The van der Waals surface area contributed by atoms with Crippen molar-refractivity contribution in [2.75, 3.05) is 33.8 Å². The molecular formula is C25H30N6O2. The number of carbonyl (C=O) groups excluding carboxylic acids is 1. The molecular weight excluding hydrogens is 416 g/mol. The van der Waals surface area contributed by atoms with Crippen LogP contribution in [0.15, 0.2) is 36.7 Å². The number of aromatic nitrogens is 4. The zero-order valence-corrected chi connectivity index (χ0v) is 19.3. The molecule has 1 atom stereocenters. The van der Waals surface area contributed by atoms with Gasteiger partial charge in [-0.2, -0.15) is 9.78 Å². The summed E-state index contributed by atoms with van der Waals surface area (Å²) in [7, 11) is 3.74. The normalized spacial score (nSPS) is 17.9. The Hall–Kier alpha value is -3.10. The molecule has 1 aliphatic carbocycles. The van der Waals surface area contributed by atoms with Crippen molar-refractivity contribution in [1.82, 2.24) is 30.0 Å². The molecule has 1 fully saturated rings. The molecule has 0 saturated carbocycles. The molecule has 0 radical (unpaired) electrons. The van der Waals surface area contributed by atoms with Crippen molar-refractivity contribution < 1.29 is 9.53 Å². The summed E-state index contributed by atoms with van der Waals surface area (Å²) in [5.41, 5.74) is 5.66. The van der Waals surface area contributed by atoms with Gasteiger partial charge >= 0.3 is 0 Å². The number of likely N-dealkylation sites (tertiary alicyclic amines) is 1. The number of nitrogens with zero attached hydrogens (tertiary/aromatic N) is 5. The van der Waals surface area contributed by atoms with Crippen LogP contribution in [0.4, 0.5) is 0 Å². The van der Waals surface area contributed by atoms with Gasteiger partial charge in [0.25, 0.3) is 11.9 Å². The van der Waals surface area contributed by atoms with Crippen molar-refractivity contribution in [3.63, 3.8) is 0 Å². The summed E-state index contributed by atoms with van der Waals surface area (Å²) in [6.45, 7) is 3.04. The Labute approximate surface area is 194 Å². The zero-order chi connectivity index (χ0) is 22.8. The van der Waals surface area contributed by atoms with Crippen LogP contribution < -0.4 is 5.32 Å². The highest BCUT2D eigenvalue weighted by molar-refractivity contribution is 5.95. The molecule has 3 aromatic rings. The predicted octanol–water partition coefficient (Wildman–Crippen LogP) is 2.65. The van der Waals surface area contributed by atoms with Gasteiger partial charge in [-0.15, -0.1) is 0 Å². The third-order valence-corrected chi connectivity index (χ3v) is 6.65. The van der Waals surface area contributed by atoms with Crippen molar-refractivity contribution in [2.45, 2.75) is 32.3 Å². The Morgan fingerprint density at radius 2 is 2.06 bits per heavy atom. The Bertz CT molecular complexity index is 1160. The first-order valence-electron chi connectivity index (χ1n) is 11.6. The molecule has 0 bridgehead atoms. The monoisotopic (exact) mass is 446 g/mol. The molecule has 0 spiro atoms. The number of fused-ring (bicyclic) bond motifs is 3. The van der Waals surface area contributed by atoms with Crippen LogP contribution >= 0.6 is 0 Å². The number of hydrogen-bond acceptors (Lipinski definition) is 6. The number of nitrogens with one attached hydrogen (secondary N) is 1. The van der Waals surface area contributed by atoms with Gasteiger partial charge in [0.05, 0.1) is 29.8 Å². The zero-order valence-electron chi connectivity index (χ0n) is 19.3. The summed E-state index contributed by atoms with van der Waals surface area (Å²) in [5, 5.41) is 7.58. The van der Waals surface area contributed by atoms with Crippen LogP contribution in [-0.4, -0.2) is 64.3 Å². The van der Waals surface area contributed by atoms with Crippen LogP contribution in [0.3, 0.4) is 0 Å². The van der Waals surface area contributed by atoms with Gasteiger partial charge in [-0.05, 0) is 56.3 Å². The Morgan fingerprint density at radius 1 is 1.21 bits per heavy atom. The van der Waals surface area contributed by atoms with Crippen molar-refractivity contribution >= 4 is 5.91 Å². The van der Waals surface area contributed by atoms with E-state index in [1.165, 1.54) is 12.0 Å². The van der Waals surface area contributed by atoms with Crippen molar-refractivity contribution in [3.8, 4) is 17.2 Å². The largest absolute Gasteiger partial charge is 0.378 e. The molecule has 3 heterocycles. The molecule has 1 amide bonds. The number of amides is 1. The van der Waals surface area contributed by atoms with Gasteiger partial charge in [0.2, 0.25) is 0 Å². The highest BCUT2D eigenvalue weighted by Crippen LogP contribution is 2.32. The molecule has 33 heavy (non-hydrogen) atoms. The minimum absolute atomic E-state index is 0.134. The van der Waals surface area contributed by atoms with E-state index in [4.69, 9.17) is 9.72 Å². The maximum Gasteiger partial charge on any atom is 0.254 e. The Morgan fingerprint density at radius 3 is 2.91 bits per heavy atom. The average molecular weight is 447 g/mol. The second-order valence-electron chi connectivity index (χ2n) is 9.03. The van der Waals surface area contributed by atoms with Gasteiger partial charge in [0.15, 0.2) is 0 Å². The van der Waals surface area contributed by atoms with E-state index in [2.05, 4.69) is 45.5 Å². The van der Waals surface area contributed by atoms with Crippen LogP contribution in [0, 0.1) is 5.92 Å². The maximum atomic E-state index is 13.0. The fourth-order valence-electron chi connectivity index (χ4n) is 4.94. The number of carbonyl (C=O) groups is 1. The van der Waals surface area contributed by atoms with E-state index in [1.807, 2.05) is 12.3 Å². The molecule has 2 aliphatic rings. The fraction of sp³-hybridized carbons (Fsp3) is 0.440. The summed E-state index contributed by atoms with van der Waals surface area (Å²) < 4.78 is 7.04. The summed E-state index contributed by atoms with van der Waals surface area (Å²) >= 11 is 0. The lowest BCUT2D eigenvalue weighted by Gasteiger charge is -2.29. The summed E-state index contributed by atoms with van der Waals surface area (Å²) in [6, 6.07) is 8.35. The number of methoxy groups -OCH3 is 1. The first kappa shape index (κ1) is 21.7. The molecule has 1 aliphatic heterocycles. The third kappa shape index (κ3) is 4.41. The number of benzene rings is 1. The molecule has 172 valence electrons. The van der Waals surface area contributed by atoms with Crippen molar-refractivity contribution in [1.29, 1.82) is 0 Å². The Balaban J connectivity index is 1.41. The number of piperidine rings is 1. The number of aryl methyl sites for hydroxylation is 2. The SMILES string of the molecule is COCc1c(C(=O)NCC2CCCN(C)C2)cnn1-c1ncc2c(n1)-c1ccccc1CC2. The van der Waals surface area contributed by atoms with Gasteiger partial charge in [-0.1, -0.05) is 24.3 Å². The average Bonchev–Trinajstić information content (AvgIpc) is 3.26. The van der Waals surface area contributed by atoms with E-state index in [9.17, 15) is 4.79 Å². The van der Waals surface area contributed by atoms with Gasteiger partial charge in [0, 0.05) is 32.0 Å². The maximum absolute atomic E-state index is 13.0. The van der Waals surface area contributed by atoms with Crippen molar-refractivity contribution in [2.24, 2.45) is 5.92 Å². The van der Waals surface area contributed by atoms with Crippen molar-refractivity contribution in [3.05, 3.63) is 59.0 Å². The van der Waals surface area contributed by atoms with Crippen LogP contribution in [0.2, 0.25) is 0 Å². The molecule has 1 unspecified atom stereocenters. The summed E-state index contributed by atoms with van der Waals surface area (Å²) in [6.07, 6.45) is 7.69. The highest BCUT2D eigenvalue weighted by atomic mass is 16.5. The number of hydrogen-bond donors (Lipinski definition) is 1. The minimum Gasteiger partial charge on any atom is -0.378 e. The summed E-state index contributed by atoms with van der Waals surface area (Å²) in [4.78, 5) is 24.8. The predicted molar refractivity (Wildman–Crippen MR) is 125 cm³/mol. The highest BCUT2D eigenvalue weighted by Gasteiger charge is 2.24. The fourth-order valence-corrected chi connectivity index (χ4v) is 4.94. The second kappa shape index (κ2) is 9.41. The lowest BCUT2D eigenvalue weighted by Crippen LogP contribution is -2.39. The first-order chi connectivity index (χ1) is 16.1. The quantitative estimate of drug-likeness (QED) is 0.627. The molecule has 1 N–H and O–H groups in total. The van der Waals surface area contributed by atoms with Gasteiger partial charge in [0.1, 0.15) is 0 Å². The molecule has 1 aromatic carbocycles. The lowest BCUT2D eigenvalue weighted by molar-refractivity contribution is 0.0931. The molecule has 8 nitrogen and oxygen atoms in total. The van der Waals surface area contributed by atoms with E-state index < -0.39 is 0 Å². The number of ether oxygens (including phenoxy) is 1. The molecule has 8 heteroatoms. The van der Waals surface area contributed by atoms with E-state index in [0.717, 1.165) is 49.2 Å². The Kier molecular flexibility index (Phi) is 6.20. The summed E-state index contributed by atoms with van der Waals surface area (Å²) in [5.74, 6) is 0.785. The smallest absolute Gasteiger partial charge is 0.254 e. The van der Waals surface area contributed by atoms with Gasteiger partial charge < -0.3 is 15.0 Å². The van der Waals surface area contributed by atoms with Crippen LogP contribution in [0.5, 0.6) is 0 Å². The lowest BCUT2D eigenvalue weighted by atomic mass is 9.90. The second-order valence-corrected chi connectivity index (χ2v) is 9.03. The van der Waals surface area contributed by atoms with Crippen LogP contribution in [0.25, 0.3) is 17.2 Å². The third-order valence-electron chi connectivity index (χ3n) is 6.65. The van der Waals surface area contributed by atoms with Gasteiger partial charge in [-0.3, -0.25) is 4.79 Å². The van der Waals surface area contributed by atoms with E-state index in [-0.39, 0.29) is 12.5 Å². The van der Waals surface area contributed by atoms with E-state index >= 15 is 0 Å².